The van der Waals surface area contributed by atoms with Gasteiger partial charge in [-0.25, -0.2) is 0 Å². The van der Waals surface area contributed by atoms with Gasteiger partial charge in [0.1, 0.15) is 11.4 Å². The number of carbonyl (C=O) groups excluding carboxylic acids is 1. The van der Waals surface area contributed by atoms with E-state index in [1.54, 1.807) is 13.0 Å². The van der Waals surface area contributed by atoms with Crippen molar-refractivity contribution in [2.24, 2.45) is 0 Å². The highest BCUT2D eigenvalue weighted by Gasteiger charge is 2.16. The molecule has 0 saturated heterocycles. The molecule has 2 N–H and O–H groups in total. The average molecular weight is 476 g/mol. The van der Waals surface area contributed by atoms with Gasteiger partial charge in [0, 0.05) is 37.4 Å². The third kappa shape index (κ3) is 11.8. The van der Waals surface area contributed by atoms with Gasteiger partial charge in [-0.1, -0.05) is 81.5 Å². The van der Waals surface area contributed by atoms with Gasteiger partial charge < -0.3 is 10.4 Å². The minimum Gasteiger partial charge on any atom is -0.512 e. The zero-order chi connectivity index (χ0) is 25.1. The maximum absolute atomic E-state index is 11.9. The zero-order valence-corrected chi connectivity index (χ0v) is 21.7. The van der Waals surface area contributed by atoms with Crippen molar-refractivity contribution in [2.45, 2.75) is 47.5 Å². The van der Waals surface area contributed by atoms with Gasteiger partial charge in [-0.3, -0.25) is 14.6 Å². The second-order valence-corrected chi connectivity index (χ2v) is 7.38. The van der Waals surface area contributed by atoms with E-state index in [4.69, 9.17) is 16.7 Å². The predicted molar refractivity (Wildman–Crippen MR) is 143 cm³/mol. The molecule has 33 heavy (non-hydrogen) atoms. The van der Waals surface area contributed by atoms with Crippen LogP contribution in [0.15, 0.2) is 83.4 Å². The summed E-state index contributed by atoms with van der Waals surface area (Å²) in [4.78, 5) is 15.6. The SMILES string of the molecule is C=C(/C=C\C/C=C\C)C(=O)N(CC)/C(Cl)=C\O.CC.CCN1CC=C(C2=CC=CCN2)CC1. The number of aliphatic hydroxyl groups excluding tert-OH is 1. The van der Waals surface area contributed by atoms with E-state index in [-0.39, 0.29) is 11.1 Å². The highest BCUT2D eigenvalue weighted by atomic mass is 35.5. The first-order valence-corrected chi connectivity index (χ1v) is 12.2. The van der Waals surface area contributed by atoms with E-state index in [0.717, 1.165) is 26.1 Å². The number of aliphatic hydroxyl groups is 1. The van der Waals surface area contributed by atoms with Crippen LogP contribution in [0.4, 0.5) is 0 Å². The number of rotatable bonds is 8. The van der Waals surface area contributed by atoms with E-state index in [2.05, 4.69) is 48.0 Å². The van der Waals surface area contributed by atoms with Crippen LogP contribution in [0, 0.1) is 0 Å². The van der Waals surface area contributed by atoms with Gasteiger partial charge in [0.2, 0.25) is 0 Å². The first-order valence-electron chi connectivity index (χ1n) is 11.8. The third-order valence-electron chi connectivity index (χ3n) is 4.92. The number of carbonyl (C=O) groups is 1. The maximum Gasteiger partial charge on any atom is 0.258 e. The molecule has 0 radical (unpaired) electrons. The number of likely N-dealkylation sites (N-methyl/N-ethyl adjacent to an activating group) is 2. The Morgan fingerprint density at radius 1 is 1.33 bits per heavy atom. The van der Waals surface area contributed by atoms with Gasteiger partial charge in [0.25, 0.3) is 5.91 Å². The third-order valence-corrected chi connectivity index (χ3v) is 5.22. The number of nitrogens with zero attached hydrogens (tertiary/aromatic N) is 2. The normalized spacial score (nSPS) is 16.1. The van der Waals surface area contributed by atoms with Crippen LogP contribution in [0.1, 0.15) is 47.5 Å². The summed E-state index contributed by atoms with van der Waals surface area (Å²) in [6.07, 6.45) is 18.8. The van der Waals surface area contributed by atoms with Crippen LogP contribution in [0.25, 0.3) is 0 Å². The Hall–Kier alpha value is -2.50. The number of dihydropyridines is 1. The summed E-state index contributed by atoms with van der Waals surface area (Å²) >= 11 is 5.69. The lowest BCUT2D eigenvalue weighted by Crippen LogP contribution is -2.30. The zero-order valence-electron chi connectivity index (χ0n) is 21.0. The van der Waals surface area contributed by atoms with Gasteiger partial charge >= 0.3 is 0 Å². The van der Waals surface area contributed by atoms with E-state index < -0.39 is 0 Å². The first kappa shape index (κ1) is 30.5. The fourth-order valence-corrected chi connectivity index (χ4v) is 3.25. The lowest BCUT2D eigenvalue weighted by atomic mass is 10.0. The van der Waals surface area contributed by atoms with Crippen molar-refractivity contribution in [3.8, 4) is 0 Å². The van der Waals surface area contributed by atoms with Gasteiger partial charge in [0.05, 0.1) is 0 Å². The molecular formula is C27H42ClN3O2. The minimum atomic E-state index is -0.320. The number of amides is 1. The molecule has 2 aliphatic rings. The molecule has 0 saturated carbocycles. The molecule has 0 unspecified atom stereocenters. The fourth-order valence-electron chi connectivity index (χ4n) is 3.05. The number of hydrogen-bond acceptors (Lipinski definition) is 4. The Balaban J connectivity index is 0.000000583. The summed E-state index contributed by atoms with van der Waals surface area (Å²) in [5, 5.41) is 12.2. The Labute approximate surface area is 206 Å². The van der Waals surface area contributed by atoms with Gasteiger partial charge in [-0.2, -0.15) is 0 Å². The lowest BCUT2D eigenvalue weighted by molar-refractivity contribution is -0.124. The second-order valence-electron chi connectivity index (χ2n) is 7.00. The van der Waals surface area contributed by atoms with E-state index in [9.17, 15) is 4.79 Å². The molecule has 0 atom stereocenters. The summed E-state index contributed by atoms with van der Waals surface area (Å²) in [6, 6.07) is 0. The molecule has 2 rings (SSSR count). The second kappa shape index (κ2) is 19.0. The van der Waals surface area contributed by atoms with Gasteiger partial charge in [-0.05, 0) is 44.9 Å². The van der Waals surface area contributed by atoms with Crippen LogP contribution >= 0.6 is 11.6 Å². The van der Waals surface area contributed by atoms with E-state index in [1.807, 2.05) is 39.0 Å². The van der Waals surface area contributed by atoms with E-state index in [1.165, 1.54) is 29.1 Å². The molecule has 0 bridgehead atoms. The number of hydrogen-bond donors (Lipinski definition) is 2. The van der Waals surface area contributed by atoms with Crippen LogP contribution in [0.2, 0.25) is 0 Å². The topological polar surface area (TPSA) is 55.8 Å². The van der Waals surface area contributed by atoms with Gasteiger partial charge in [-0.15, -0.1) is 0 Å². The summed E-state index contributed by atoms with van der Waals surface area (Å²) in [5.41, 5.74) is 3.14. The van der Waals surface area contributed by atoms with E-state index in [0.29, 0.717) is 18.4 Å². The fraction of sp³-hybridized carbons (Fsp3) is 0.444. The quantitative estimate of drug-likeness (QED) is 0.144. The lowest BCUT2D eigenvalue weighted by Gasteiger charge is -2.26. The van der Waals surface area contributed by atoms with Crippen molar-refractivity contribution in [2.75, 3.05) is 32.7 Å². The van der Waals surface area contributed by atoms with Crippen LogP contribution in [-0.4, -0.2) is 53.5 Å². The van der Waals surface area contributed by atoms with E-state index >= 15 is 0 Å². The Morgan fingerprint density at radius 3 is 2.55 bits per heavy atom. The molecule has 0 aliphatic carbocycles. The summed E-state index contributed by atoms with van der Waals surface area (Å²) < 4.78 is 0. The Kier molecular flexibility index (Phi) is 17.6. The molecule has 2 heterocycles. The van der Waals surface area contributed by atoms with Crippen molar-refractivity contribution in [3.63, 3.8) is 0 Å². The Morgan fingerprint density at radius 2 is 2.06 bits per heavy atom. The molecule has 0 aromatic heterocycles. The van der Waals surface area contributed by atoms with Crippen molar-refractivity contribution < 1.29 is 9.90 Å². The smallest absolute Gasteiger partial charge is 0.258 e. The molecule has 0 spiro atoms. The molecule has 6 heteroatoms. The predicted octanol–water partition coefficient (Wildman–Crippen LogP) is 6.22. The molecule has 2 aliphatic heterocycles. The van der Waals surface area contributed by atoms with Crippen LogP contribution in [-0.2, 0) is 4.79 Å². The first-order chi connectivity index (χ1) is 16.0. The molecule has 184 valence electrons. The Bertz CT molecular complexity index is 776. The van der Waals surface area contributed by atoms with Gasteiger partial charge in [0.15, 0.2) is 0 Å². The number of allylic oxidation sites excluding steroid dienone is 6. The summed E-state index contributed by atoms with van der Waals surface area (Å²) in [7, 11) is 0. The highest BCUT2D eigenvalue weighted by Crippen LogP contribution is 2.18. The van der Waals surface area contributed by atoms with Crippen LogP contribution in [0.5, 0.6) is 0 Å². The van der Waals surface area contributed by atoms with Crippen molar-refractivity contribution in [1.29, 1.82) is 0 Å². The summed E-state index contributed by atoms with van der Waals surface area (Å²) in [5.74, 6) is -0.320. The minimum absolute atomic E-state index is 0.0134. The standard InChI is InChI=1S/C13H18ClNO2.C12H18N2.C2H6/c1-4-6-7-8-9-11(3)13(17)15(5-2)12(14)10-16;1-2-14-9-6-11(7-10-14)12-5-3-4-8-13-12;1-2/h4,6,8-10,16H,3,5,7H2,1-2H3;3-6,13H,2,7-10H2,1H3;1-2H3/b6-4-,9-8-,12-10-;;. The number of nitrogens with one attached hydrogen (secondary N) is 1. The largest absolute Gasteiger partial charge is 0.512 e. The van der Waals surface area contributed by atoms with Crippen molar-refractivity contribution in [3.05, 3.63) is 83.4 Å². The molecular weight excluding hydrogens is 434 g/mol. The number of halogens is 1. The highest BCUT2D eigenvalue weighted by molar-refractivity contribution is 6.30. The molecule has 1 amide bonds. The van der Waals surface area contributed by atoms with Crippen molar-refractivity contribution >= 4 is 17.5 Å². The monoisotopic (exact) mass is 475 g/mol. The molecule has 5 nitrogen and oxygen atoms in total. The average Bonchev–Trinajstić information content (AvgIpc) is 2.88. The van der Waals surface area contributed by atoms with Crippen LogP contribution in [0.3, 0.4) is 0 Å². The van der Waals surface area contributed by atoms with Crippen LogP contribution < -0.4 is 5.32 Å². The molecule has 0 aromatic rings. The molecule has 0 aromatic carbocycles. The summed E-state index contributed by atoms with van der Waals surface area (Å²) in [6.45, 7) is 18.4. The van der Waals surface area contributed by atoms with Crippen molar-refractivity contribution in [1.82, 2.24) is 15.1 Å². The maximum atomic E-state index is 11.9. The molecule has 0 fully saturated rings.